The molecule has 0 spiro atoms. The van der Waals surface area contributed by atoms with Gasteiger partial charge in [-0.25, -0.2) is 14.5 Å². The van der Waals surface area contributed by atoms with Crippen molar-refractivity contribution in [2.24, 2.45) is 0 Å². The molecule has 0 radical (unpaired) electrons. The van der Waals surface area contributed by atoms with E-state index in [0.29, 0.717) is 18.7 Å². The molecule has 6 rings (SSSR count). The fourth-order valence-corrected chi connectivity index (χ4v) is 6.22. The Hall–Kier alpha value is -3.34. The third-order valence-corrected chi connectivity index (χ3v) is 8.36. The predicted molar refractivity (Wildman–Crippen MR) is 148 cm³/mol. The average Bonchev–Trinajstić information content (AvgIpc) is 3.51. The summed E-state index contributed by atoms with van der Waals surface area (Å²) < 4.78 is 21.9. The number of H-pyrrole nitrogens is 1. The van der Waals surface area contributed by atoms with Crippen molar-refractivity contribution in [1.29, 1.82) is 0 Å². The van der Waals surface area contributed by atoms with Gasteiger partial charge in [0.1, 0.15) is 28.5 Å². The Morgan fingerprint density at radius 3 is 2.69 bits per heavy atom. The van der Waals surface area contributed by atoms with Crippen LogP contribution >= 0.6 is 7.82 Å². The number of fused-ring (bicyclic) bond motifs is 2. The van der Waals surface area contributed by atoms with Crippen LogP contribution in [0.5, 0.6) is 5.75 Å². The second-order valence-corrected chi connectivity index (χ2v) is 11.4. The maximum absolute atomic E-state index is 11.3. The van der Waals surface area contributed by atoms with Gasteiger partial charge in [0.2, 0.25) is 0 Å². The van der Waals surface area contributed by atoms with Crippen molar-refractivity contribution in [3.05, 3.63) is 53.7 Å². The van der Waals surface area contributed by atoms with Crippen molar-refractivity contribution in [2.75, 3.05) is 38.2 Å². The first-order valence-electron chi connectivity index (χ1n) is 12.9. The highest BCUT2D eigenvalue weighted by Crippen LogP contribution is 2.41. The molecule has 1 aromatic carbocycles. The summed E-state index contributed by atoms with van der Waals surface area (Å²) in [6.45, 7) is 6.99. The fraction of sp³-hybridized carbons (Fsp3) is 0.370. The zero-order valence-corrected chi connectivity index (χ0v) is 22.9. The average molecular weight is 551 g/mol. The number of aromatic amines is 1. The van der Waals surface area contributed by atoms with Gasteiger partial charge in [-0.05, 0) is 43.5 Å². The SMILES string of the molecule is COc1cc2[nH]nc(-c3ccc(N4CCN5C[C@H](OP(=O)(O)O)C[C@H]5C4)nc3)c2nc1-c1cccc(C)c1C. The number of piperazine rings is 1. The number of phosphoric acid groups is 1. The number of nitrogens with one attached hydrogen (secondary N) is 1. The molecule has 0 bridgehead atoms. The van der Waals surface area contributed by atoms with Gasteiger partial charge in [-0.3, -0.25) is 14.5 Å². The molecule has 0 amide bonds. The summed E-state index contributed by atoms with van der Waals surface area (Å²) in [5.41, 5.74) is 7.23. The molecule has 2 aliphatic rings. The Kier molecular flexibility index (Phi) is 6.65. The van der Waals surface area contributed by atoms with Crippen LogP contribution in [0.4, 0.5) is 5.82 Å². The van der Waals surface area contributed by atoms with Crippen LogP contribution in [-0.2, 0) is 9.09 Å². The largest absolute Gasteiger partial charge is 0.494 e. The summed E-state index contributed by atoms with van der Waals surface area (Å²) in [4.78, 5) is 32.5. The normalized spacial score (nSPS) is 20.0. The second kappa shape index (κ2) is 10.0. The topological polar surface area (TPSA) is 137 Å². The first-order valence-corrected chi connectivity index (χ1v) is 14.4. The Labute approximate surface area is 226 Å². The molecule has 12 heteroatoms. The minimum absolute atomic E-state index is 0.162. The second-order valence-electron chi connectivity index (χ2n) is 10.2. The number of ether oxygens (including phenoxy) is 1. The number of benzene rings is 1. The quantitative estimate of drug-likeness (QED) is 0.305. The van der Waals surface area contributed by atoms with Crippen LogP contribution in [0.25, 0.3) is 33.5 Å². The van der Waals surface area contributed by atoms with Gasteiger partial charge in [0.15, 0.2) is 0 Å². The molecule has 11 nitrogen and oxygen atoms in total. The number of anilines is 1. The van der Waals surface area contributed by atoms with Crippen LogP contribution in [0.3, 0.4) is 0 Å². The number of aryl methyl sites for hydroxylation is 1. The number of aromatic nitrogens is 4. The molecule has 2 aliphatic heterocycles. The van der Waals surface area contributed by atoms with Crippen LogP contribution in [0.2, 0.25) is 0 Å². The van der Waals surface area contributed by atoms with Gasteiger partial charge in [0.25, 0.3) is 0 Å². The van der Waals surface area contributed by atoms with Crippen molar-refractivity contribution in [3.8, 4) is 28.3 Å². The number of rotatable bonds is 6. The van der Waals surface area contributed by atoms with Crippen LogP contribution in [0, 0.1) is 13.8 Å². The van der Waals surface area contributed by atoms with Crippen molar-refractivity contribution in [1.82, 2.24) is 25.1 Å². The summed E-state index contributed by atoms with van der Waals surface area (Å²) in [5, 5.41) is 7.64. The first kappa shape index (κ1) is 25.9. The van der Waals surface area contributed by atoms with Crippen molar-refractivity contribution < 1.29 is 23.6 Å². The number of nitrogens with zero attached hydrogens (tertiary/aromatic N) is 5. The summed E-state index contributed by atoms with van der Waals surface area (Å²) in [5.74, 6) is 1.53. The number of hydrogen-bond donors (Lipinski definition) is 3. The molecule has 0 aliphatic carbocycles. The Balaban J connectivity index is 1.25. The Bertz CT molecular complexity index is 1570. The minimum atomic E-state index is -4.49. The van der Waals surface area contributed by atoms with Gasteiger partial charge in [0.05, 0.1) is 18.7 Å². The maximum atomic E-state index is 11.3. The highest BCUT2D eigenvalue weighted by atomic mass is 31.2. The van der Waals surface area contributed by atoms with Gasteiger partial charge in [0, 0.05) is 55.6 Å². The van der Waals surface area contributed by atoms with E-state index in [1.54, 1.807) is 7.11 Å². The van der Waals surface area contributed by atoms with Gasteiger partial charge in [-0.15, -0.1) is 0 Å². The van der Waals surface area contributed by atoms with Gasteiger partial charge in [-0.1, -0.05) is 18.2 Å². The van der Waals surface area contributed by atoms with Crippen molar-refractivity contribution >= 4 is 24.7 Å². The molecular formula is C27H31N6O5P. The summed E-state index contributed by atoms with van der Waals surface area (Å²) in [7, 11) is -2.85. The van der Waals surface area contributed by atoms with Gasteiger partial charge < -0.3 is 19.4 Å². The molecule has 39 heavy (non-hydrogen) atoms. The van der Waals surface area contributed by atoms with E-state index >= 15 is 0 Å². The lowest BCUT2D eigenvalue weighted by atomic mass is 9.99. The van der Waals surface area contributed by atoms with E-state index in [-0.39, 0.29) is 6.04 Å². The fourth-order valence-electron chi connectivity index (χ4n) is 5.68. The number of methoxy groups -OCH3 is 1. The van der Waals surface area contributed by atoms with E-state index in [1.807, 2.05) is 30.5 Å². The van der Waals surface area contributed by atoms with E-state index in [0.717, 1.165) is 64.6 Å². The first-order chi connectivity index (χ1) is 18.7. The predicted octanol–water partition coefficient (Wildman–Crippen LogP) is 3.68. The van der Waals surface area contributed by atoms with Crippen molar-refractivity contribution in [2.45, 2.75) is 32.4 Å². The van der Waals surface area contributed by atoms with Crippen molar-refractivity contribution in [3.63, 3.8) is 0 Å². The third kappa shape index (κ3) is 5.04. The number of pyridine rings is 2. The van der Waals surface area contributed by atoms with Crippen LogP contribution in [0.15, 0.2) is 42.6 Å². The van der Waals surface area contributed by atoms with E-state index in [4.69, 9.17) is 29.0 Å². The van der Waals surface area contributed by atoms with E-state index in [2.05, 4.69) is 46.0 Å². The van der Waals surface area contributed by atoms with E-state index in [9.17, 15) is 4.57 Å². The van der Waals surface area contributed by atoms with E-state index in [1.165, 1.54) is 5.56 Å². The Morgan fingerprint density at radius 1 is 1.10 bits per heavy atom. The van der Waals surface area contributed by atoms with E-state index < -0.39 is 13.9 Å². The lowest BCUT2D eigenvalue weighted by Crippen LogP contribution is -2.50. The highest BCUT2D eigenvalue weighted by molar-refractivity contribution is 7.46. The van der Waals surface area contributed by atoms with Crippen LogP contribution < -0.4 is 9.64 Å². The number of hydrogen-bond acceptors (Lipinski definition) is 8. The molecule has 3 N–H and O–H groups in total. The molecule has 4 aromatic rings. The maximum Gasteiger partial charge on any atom is 0.469 e. The van der Waals surface area contributed by atoms with Gasteiger partial charge in [-0.2, -0.15) is 5.10 Å². The standard InChI is InChI=1S/C27H31N6O5P/c1-16-5-4-6-21(17(16)2)26-23(37-3)12-22-27(29-26)25(31-30-22)18-7-8-24(28-13-18)33-10-9-32-15-20(11-19(32)14-33)38-39(34,35)36/h4-8,12-13,19-20H,9-11,14-15H2,1-3H3,(H,30,31)(H2,34,35,36)/t19-,20+/m0/s1. The number of phosphoric ester groups is 1. The molecule has 204 valence electrons. The molecule has 0 unspecified atom stereocenters. The molecular weight excluding hydrogens is 519 g/mol. The molecule has 2 saturated heterocycles. The zero-order chi connectivity index (χ0) is 27.3. The highest BCUT2D eigenvalue weighted by Gasteiger charge is 2.39. The molecule has 3 aromatic heterocycles. The third-order valence-electron chi connectivity index (χ3n) is 7.79. The molecule has 2 atom stereocenters. The summed E-state index contributed by atoms with van der Waals surface area (Å²) >= 11 is 0. The molecule has 5 heterocycles. The summed E-state index contributed by atoms with van der Waals surface area (Å²) in [6.07, 6.45) is 1.94. The summed E-state index contributed by atoms with van der Waals surface area (Å²) in [6, 6.07) is 12.2. The lowest BCUT2D eigenvalue weighted by molar-refractivity contribution is 0.135. The molecule has 2 fully saturated rings. The monoisotopic (exact) mass is 550 g/mol. The lowest BCUT2D eigenvalue weighted by Gasteiger charge is -2.37. The minimum Gasteiger partial charge on any atom is -0.494 e. The van der Waals surface area contributed by atoms with Crippen LogP contribution in [-0.4, -0.2) is 80.3 Å². The van der Waals surface area contributed by atoms with Gasteiger partial charge >= 0.3 is 7.82 Å². The van der Waals surface area contributed by atoms with Crippen LogP contribution in [0.1, 0.15) is 17.5 Å². The smallest absolute Gasteiger partial charge is 0.469 e. The molecule has 0 saturated carbocycles. The zero-order valence-electron chi connectivity index (χ0n) is 22.0. The Morgan fingerprint density at radius 2 is 1.95 bits per heavy atom.